The van der Waals surface area contributed by atoms with E-state index in [9.17, 15) is 9.59 Å². The molecule has 0 bridgehead atoms. The number of furan rings is 1. The number of rotatable bonds is 5. The summed E-state index contributed by atoms with van der Waals surface area (Å²) in [7, 11) is 0. The zero-order chi connectivity index (χ0) is 16.2. The van der Waals surface area contributed by atoms with Crippen LogP contribution in [0.4, 0.5) is 0 Å². The number of carbonyl (C=O) groups is 2. The first-order chi connectivity index (χ1) is 11.2. The predicted octanol–water partition coefficient (Wildman–Crippen LogP) is 1.45. The molecule has 3 heterocycles. The highest BCUT2D eigenvalue weighted by molar-refractivity contribution is 7.99. The quantitative estimate of drug-likeness (QED) is 0.881. The molecule has 2 aliphatic heterocycles. The SMILES string of the molecule is CC(=O)N1C(C(=O)NCCN2CCCC2)CSC1c1ccoc1. The van der Waals surface area contributed by atoms with Gasteiger partial charge in [0, 0.05) is 31.3 Å². The van der Waals surface area contributed by atoms with Gasteiger partial charge >= 0.3 is 0 Å². The average Bonchev–Trinajstić information content (AvgIpc) is 3.27. The van der Waals surface area contributed by atoms with Crippen LogP contribution in [0.25, 0.3) is 0 Å². The second-order valence-corrected chi connectivity index (χ2v) is 7.14. The highest BCUT2D eigenvalue weighted by Gasteiger charge is 2.41. The van der Waals surface area contributed by atoms with Gasteiger partial charge in [-0.15, -0.1) is 11.8 Å². The van der Waals surface area contributed by atoms with E-state index in [0.29, 0.717) is 12.3 Å². The summed E-state index contributed by atoms with van der Waals surface area (Å²) < 4.78 is 5.12. The van der Waals surface area contributed by atoms with Crippen molar-refractivity contribution in [2.24, 2.45) is 0 Å². The molecule has 126 valence electrons. The third-order valence-electron chi connectivity index (χ3n) is 4.42. The minimum Gasteiger partial charge on any atom is -0.472 e. The second-order valence-electron chi connectivity index (χ2n) is 6.02. The zero-order valence-corrected chi connectivity index (χ0v) is 14.2. The van der Waals surface area contributed by atoms with E-state index in [1.807, 2.05) is 6.07 Å². The molecule has 0 saturated carbocycles. The van der Waals surface area contributed by atoms with Crippen LogP contribution in [-0.4, -0.2) is 59.6 Å². The van der Waals surface area contributed by atoms with Gasteiger partial charge in [-0.1, -0.05) is 0 Å². The fraction of sp³-hybridized carbons (Fsp3) is 0.625. The maximum Gasteiger partial charge on any atom is 0.243 e. The van der Waals surface area contributed by atoms with E-state index in [4.69, 9.17) is 4.42 Å². The lowest BCUT2D eigenvalue weighted by atomic mass is 10.2. The molecule has 0 spiro atoms. The van der Waals surface area contributed by atoms with Crippen molar-refractivity contribution in [3.63, 3.8) is 0 Å². The molecule has 2 amide bonds. The molecule has 0 radical (unpaired) electrons. The number of hydrogen-bond donors (Lipinski definition) is 1. The Morgan fingerprint density at radius 3 is 2.83 bits per heavy atom. The second kappa shape index (κ2) is 7.40. The van der Waals surface area contributed by atoms with Gasteiger partial charge in [0.1, 0.15) is 11.4 Å². The van der Waals surface area contributed by atoms with Crippen LogP contribution in [0.15, 0.2) is 23.0 Å². The summed E-state index contributed by atoms with van der Waals surface area (Å²) in [6.45, 7) is 5.29. The molecular weight excluding hydrogens is 314 g/mol. The Labute approximate surface area is 140 Å². The van der Waals surface area contributed by atoms with E-state index in [0.717, 1.165) is 25.2 Å². The van der Waals surface area contributed by atoms with E-state index < -0.39 is 6.04 Å². The normalized spacial score (nSPS) is 25.0. The van der Waals surface area contributed by atoms with Crippen molar-refractivity contribution in [3.8, 4) is 0 Å². The first kappa shape index (κ1) is 16.4. The van der Waals surface area contributed by atoms with Crippen LogP contribution in [0.1, 0.15) is 30.7 Å². The van der Waals surface area contributed by atoms with Crippen molar-refractivity contribution in [3.05, 3.63) is 24.2 Å². The Morgan fingerprint density at radius 2 is 2.17 bits per heavy atom. The molecular formula is C16H23N3O3S. The molecule has 6 nitrogen and oxygen atoms in total. The molecule has 2 fully saturated rings. The first-order valence-electron chi connectivity index (χ1n) is 8.09. The number of nitrogens with zero attached hydrogens (tertiary/aromatic N) is 2. The fourth-order valence-corrected chi connectivity index (χ4v) is 4.69. The highest BCUT2D eigenvalue weighted by atomic mass is 32.2. The van der Waals surface area contributed by atoms with Crippen LogP contribution in [0.5, 0.6) is 0 Å². The fourth-order valence-electron chi connectivity index (χ4n) is 3.23. The van der Waals surface area contributed by atoms with Crippen LogP contribution < -0.4 is 5.32 Å². The number of hydrogen-bond acceptors (Lipinski definition) is 5. The summed E-state index contributed by atoms with van der Waals surface area (Å²) in [4.78, 5) is 28.6. The van der Waals surface area contributed by atoms with Crippen LogP contribution >= 0.6 is 11.8 Å². The Hall–Kier alpha value is -1.47. The van der Waals surface area contributed by atoms with E-state index in [1.165, 1.54) is 19.8 Å². The Balaban J connectivity index is 1.57. The number of thioether (sulfide) groups is 1. The molecule has 2 unspecified atom stereocenters. The average molecular weight is 337 g/mol. The Morgan fingerprint density at radius 1 is 1.39 bits per heavy atom. The van der Waals surface area contributed by atoms with Gasteiger partial charge < -0.3 is 19.5 Å². The summed E-state index contributed by atoms with van der Waals surface area (Å²) in [6.07, 6.45) is 5.73. The Bertz CT molecular complexity index is 543. The van der Waals surface area contributed by atoms with Crippen LogP contribution in [-0.2, 0) is 9.59 Å². The first-order valence-corrected chi connectivity index (χ1v) is 9.14. The molecule has 23 heavy (non-hydrogen) atoms. The van der Waals surface area contributed by atoms with Crippen molar-refractivity contribution in [1.29, 1.82) is 0 Å². The lowest BCUT2D eigenvalue weighted by Crippen LogP contribution is -2.48. The van der Waals surface area contributed by atoms with Crippen molar-refractivity contribution in [2.45, 2.75) is 31.2 Å². The monoisotopic (exact) mass is 337 g/mol. The number of nitrogens with one attached hydrogen (secondary N) is 1. The van der Waals surface area contributed by atoms with Crippen LogP contribution in [0, 0.1) is 0 Å². The molecule has 7 heteroatoms. The van der Waals surface area contributed by atoms with E-state index >= 15 is 0 Å². The number of amides is 2. The Kier molecular flexibility index (Phi) is 5.27. The van der Waals surface area contributed by atoms with Crippen molar-refractivity contribution < 1.29 is 14.0 Å². The maximum atomic E-state index is 12.5. The largest absolute Gasteiger partial charge is 0.472 e. The lowest BCUT2D eigenvalue weighted by Gasteiger charge is -2.27. The molecule has 0 aromatic carbocycles. The van der Waals surface area contributed by atoms with Gasteiger partial charge in [0.2, 0.25) is 11.8 Å². The van der Waals surface area contributed by atoms with E-state index in [-0.39, 0.29) is 17.2 Å². The lowest BCUT2D eigenvalue weighted by molar-refractivity contribution is -0.138. The standard InChI is InChI=1S/C16H23N3O3S/c1-12(20)19-14(11-23-16(19)13-4-9-22-10-13)15(21)17-5-8-18-6-2-3-7-18/h4,9-10,14,16H,2-3,5-8,11H2,1H3,(H,17,21). The molecule has 1 aromatic rings. The van der Waals surface area contributed by atoms with Gasteiger partial charge in [-0.2, -0.15) is 0 Å². The molecule has 1 N–H and O–H groups in total. The molecule has 0 aliphatic carbocycles. The molecule has 2 atom stereocenters. The molecule has 2 aliphatic rings. The predicted molar refractivity (Wildman–Crippen MR) is 88.9 cm³/mol. The summed E-state index contributed by atoms with van der Waals surface area (Å²) >= 11 is 1.61. The zero-order valence-electron chi connectivity index (χ0n) is 13.4. The summed E-state index contributed by atoms with van der Waals surface area (Å²) in [5.74, 6) is 0.476. The molecule has 3 rings (SSSR count). The summed E-state index contributed by atoms with van der Waals surface area (Å²) in [5.41, 5.74) is 0.928. The van der Waals surface area contributed by atoms with E-state index in [1.54, 1.807) is 29.2 Å². The van der Waals surface area contributed by atoms with Crippen LogP contribution in [0.3, 0.4) is 0 Å². The third kappa shape index (κ3) is 3.72. The number of likely N-dealkylation sites (tertiary alicyclic amines) is 1. The number of carbonyl (C=O) groups excluding carboxylic acids is 2. The molecule has 2 saturated heterocycles. The van der Waals surface area contributed by atoms with Gasteiger partial charge in [-0.05, 0) is 32.0 Å². The minimum atomic E-state index is -0.407. The molecule has 1 aromatic heterocycles. The van der Waals surface area contributed by atoms with Gasteiger partial charge in [0.15, 0.2) is 0 Å². The van der Waals surface area contributed by atoms with Crippen molar-refractivity contribution >= 4 is 23.6 Å². The third-order valence-corrected chi connectivity index (χ3v) is 5.74. The van der Waals surface area contributed by atoms with Gasteiger partial charge in [0.05, 0.1) is 12.5 Å². The van der Waals surface area contributed by atoms with Crippen molar-refractivity contribution in [2.75, 3.05) is 31.9 Å². The summed E-state index contributed by atoms with van der Waals surface area (Å²) in [5, 5.41) is 2.85. The topological polar surface area (TPSA) is 65.8 Å². The highest BCUT2D eigenvalue weighted by Crippen LogP contribution is 2.41. The maximum absolute atomic E-state index is 12.5. The van der Waals surface area contributed by atoms with Crippen molar-refractivity contribution in [1.82, 2.24) is 15.1 Å². The van der Waals surface area contributed by atoms with E-state index in [2.05, 4.69) is 10.2 Å². The van der Waals surface area contributed by atoms with Gasteiger partial charge in [0.25, 0.3) is 0 Å². The minimum absolute atomic E-state index is 0.0575. The smallest absolute Gasteiger partial charge is 0.243 e. The van der Waals surface area contributed by atoms with Crippen LogP contribution in [0.2, 0.25) is 0 Å². The summed E-state index contributed by atoms with van der Waals surface area (Å²) in [6, 6.07) is 1.44. The van der Waals surface area contributed by atoms with Gasteiger partial charge in [-0.3, -0.25) is 9.59 Å². The van der Waals surface area contributed by atoms with Gasteiger partial charge in [-0.25, -0.2) is 0 Å².